The van der Waals surface area contributed by atoms with Gasteiger partial charge in [0, 0.05) is 51.2 Å². The molecule has 17 N–H and O–H groups in total. The van der Waals surface area contributed by atoms with E-state index in [-0.39, 0.29) is 75.7 Å². The van der Waals surface area contributed by atoms with Crippen LogP contribution in [0.1, 0.15) is 116 Å². The predicted octanol–water partition coefficient (Wildman–Crippen LogP) is 1.24. The highest BCUT2D eigenvalue weighted by Gasteiger charge is 2.34. The molecule has 1 aliphatic heterocycles. The Morgan fingerprint density at radius 1 is 0.544 bits per heavy atom. The third-order valence-electron chi connectivity index (χ3n) is 14.4. The molecular formula is C64H91N13O13. The fourth-order valence-electron chi connectivity index (χ4n) is 9.72. The van der Waals surface area contributed by atoms with E-state index in [1.54, 1.807) is 48.5 Å². The number of carboxylic acids is 1. The summed E-state index contributed by atoms with van der Waals surface area (Å²) in [5, 5.41) is 50.1. The van der Waals surface area contributed by atoms with Crippen molar-refractivity contribution >= 4 is 75.9 Å². The molecule has 7 unspecified atom stereocenters. The molecule has 1 aliphatic rings. The SMILES string of the molecule is CC(=O)O.CC(C)NCCCCC(NC(=O)C1CCC(=O)NC(Cc2ccccc2)C(=O)NC(Cc2ccc(O)cc2)C(=O)NC(CCCCNC(C)C)C(=O)NC(CCCNC(N)=O)C(=O)NC(Cc2ccc3ccccc3c2)C(=O)NCC(=O)N1)C(N)=O. The Morgan fingerprint density at radius 3 is 1.61 bits per heavy atom. The standard InChI is InChI=1S/C62H87N13O11.C2H4O2/c1-38(2)65-30-12-10-19-46(55(63)79)71-59(83)49-28-29-53(77)70-51(34-40-15-6-5-7-16-40)60(84)75-52(35-41-23-26-45(76)27-24-41)61(85)73-47(20-11-13-31-66-39(3)4)57(81)72-48(21-14-32-67-62(64)86)58(82)74-50(56(80)68-37-54(78)69-49)36-42-22-25-43-17-8-9-18-44(43)33-42;1-2(3)4/h5-9,15-18,22-27,33,38-39,46-52,65-66,76H,10-14,19-21,28-32,34-37H2,1-4H3,(H2,63,79)(H,68,80)(H,69,78)(H,70,77)(H,71,83)(H,72,81)(H,73,85)(H,74,82)(H,75,84)(H3,64,67,86);1H3,(H,3,4). The number of hydrogen-bond donors (Lipinski definition) is 15. The highest BCUT2D eigenvalue weighted by molar-refractivity contribution is 5.98. The van der Waals surface area contributed by atoms with Crippen LogP contribution in [0.2, 0.25) is 0 Å². The van der Waals surface area contributed by atoms with Crippen LogP contribution >= 0.6 is 0 Å². The van der Waals surface area contributed by atoms with Crippen LogP contribution in [0.5, 0.6) is 5.75 Å². The van der Waals surface area contributed by atoms with E-state index in [2.05, 4.69) is 58.5 Å². The van der Waals surface area contributed by atoms with Gasteiger partial charge < -0.3 is 80.2 Å². The summed E-state index contributed by atoms with van der Waals surface area (Å²) in [5.41, 5.74) is 12.9. The summed E-state index contributed by atoms with van der Waals surface area (Å²) >= 11 is 0. The van der Waals surface area contributed by atoms with Crippen molar-refractivity contribution in [2.24, 2.45) is 11.5 Å². The number of carboxylic acid groups (broad SMARTS) is 1. The number of urea groups is 1. The molecule has 0 radical (unpaired) electrons. The molecule has 1 heterocycles. The second-order valence-electron chi connectivity index (χ2n) is 22.8. The Bertz CT molecular complexity index is 3020. The molecule has 0 saturated carbocycles. The molecule has 1 fully saturated rings. The first-order chi connectivity index (χ1) is 42.9. The molecule has 0 bridgehead atoms. The molecule has 90 heavy (non-hydrogen) atoms. The minimum atomic E-state index is -1.50. The minimum Gasteiger partial charge on any atom is -0.508 e. The first kappa shape index (κ1) is 73.3. The average molecular weight is 1250 g/mol. The van der Waals surface area contributed by atoms with Crippen molar-refractivity contribution in [1.82, 2.24) is 58.5 Å². The molecule has 26 nitrogen and oxygen atoms in total. The minimum absolute atomic E-state index is 0.00314. The number of primary amides is 2. The number of aromatic hydroxyl groups is 1. The number of aliphatic carboxylic acids is 1. The number of nitrogens with two attached hydrogens (primary N) is 2. The highest BCUT2D eigenvalue weighted by Crippen LogP contribution is 2.18. The molecular weight excluding hydrogens is 1160 g/mol. The quantitative estimate of drug-likeness (QED) is 0.0415. The molecule has 7 atom stereocenters. The summed E-state index contributed by atoms with van der Waals surface area (Å²) in [6, 6.07) is 17.7. The van der Waals surface area contributed by atoms with Crippen molar-refractivity contribution < 1.29 is 63.0 Å². The van der Waals surface area contributed by atoms with E-state index in [0.717, 1.165) is 17.7 Å². The Balaban J connectivity index is 0.00000419. The Hall–Kier alpha value is -9.17. The molecule has 0 aromatic heterocycles. The summed E-state index contributed by atoms with van der Waals surface area (Å²) in [6.07, 6.45) is 1.17. The van der Waals surface area contributed by atoms with Gasteiger partial charge in [-0.2, -0.15) is 0 Å². The lowest BCUT2D eigenvalue weighted by Gasteiger charge is -2.27. The molecule has 11 amide bonds. The lowest BCUT2D eigenvalue weighted by molar-refractivity contribution is -0.135. The normalized spacial score (nSPS) is 19.5. The van der Waals surface area contributed by atoms with Crippen molar-refractivity contribution in [3.05, 3.63) is 114 Å². The molecule has 26 heteroatoms. The average Bonchev–Trinajstić information content (AvgIpc) is 1.57. The van der Waals surface area contributed by atoms with Crippen molar-refractivity contribution in [3.63, 3.8) is 0 Å². The summed E-state index contributed by atoms with van der Waals surface area (Å²) in [5.74, 6) is -8.26. The summed E-state index contributed by atoms with van der Waals surface area (Å²) in [6.45, 7) is 9.52. The van der Waals surface area contributed by atoms with Gasteiger partial charge in [-0.05, 0) is 110 Å². The van der Waals surface area contributed by atoms with Crippen LogP contribution in [-0.2, 0) is 67.2 Å². The van der Waals surface area contributed by atoms with Crippen LogP contribution in [0.15, 0.2) is 97.1 Å². The number of rotatable bonds is 25. The number of hydrogen-bond acceptors (Lipinski definition) is 14. The third-order valence-corrected chi connectivity index (χ3v) is 14.4. The molecule has 0 spiro atoms. The lowest BCUT2D eigenvalue weighted by atomic mass is 10.00. The highest BCUT2D eigenvalue weighted by atomic mass is 16.4. The van der Waals surface area contributed by atoms with Crippen molar-refractivity contribution in [2.75, 3.05) is 26.2 Å². The fourth-order valence-corrected chi connectivity index (χ4v) is 9.72. The monoisotopic (exact) mass is 1250 g/mol. The molecule has 5 rings (SSSR count). The van der Waals surface area contributed by atoms with Crippen LogP contribution in [0, 0.1) is 0 Å². The smallest absolute Gasteiger partial charge is 0.312 e. The Labute approximate surface area is 525 Å². The zero-order chi connectivity index (χ0) is 66.1. The largest absolute Gasteiger partial charge is 0.508 e. The number of fused-ring (bicyclic) bond motifs is 1. The summed E-state index contributed by atoms with van der Waals surface area (Å²) < 4.78 is 0. The van der Waals surface area contributed by atoms with Gasteiger partial charge in [0.05, 0.1) is 6.54 Å². The van der Waals surface area contributed by atoms with Gasteiger partial charge in [-0.1, -0.05) is 113 Å². The van der Waals surface area contributed by atoms with Gasteiger partial charge >= 0.3 is 6.03 Å². The van der Waals surface area contributed by atoms with Gasteiger partial charge in [0.25, 0.3) is 5.97 Å². The van der Waals surface area contributed by atoms with Crippen LogP contribution in [0.25, 0.3) is 10.8 Å². The van der Waals surface area contributed by atoms with Gasteiger partial charge in [0.1, 0.15) is 48.0 Å². The first-order valence-corrected chi connectivity index (χ1v) is 30.5. The second kappa shape index (κ2) is 39.0. The molecule has 4 aromatic rings. The molecule has 1 saturated heterocycles. The Kier molecular flexibility index (Phi) is 31.7. The van der Waals surface area contributed by atoms with Crippen molar-refractivity contribution in [2.45, 2.75) is 172 Å². The summed E-state index contributed by atoms with van der Waals surface area (Å²) in [7, 11) is 0. The fraction of sp³-hybridized carbons (Fsp3) is 0.484. The zero-order valence-electron chi connectivity index (χ0n) is 52.0. The predicted molar refractivity (Wildman–Crippen MR) is 339 cm³/mol. The third kappa shape index (κ3) is 28.3. The van der Waals surface area contributed by atoms with E-state index in [1.165, 1.54) is 12.1 Å². The van der Waals surface area contributed by atoms with Crippen LogP contribution < -0.4 is 70.0 Å². The maximum atomic E-state index is 14.9. The van der Waals surface area contributed by atoms with E-state index in [1.807, 2.05) is 64.1 Å². The van der Waals surface area contributed by atoms with Crippen molar-refractivity contribution in [3.8, 4) is 5.75 Å². The van der Waals surface area contributed by atoms with Crippen LogP contribution in [-0.4, -0.2) is 156 Å². The lowest BCUT2D eigenvalue weighted by Crippen LogP contribution is -2.60. The van der Waals surface area contributed by atoms with E-state index in [9.17, 15) is 53.1 Å². The molecule has 4 aromatic carbocycles. The van der Waals surface area contributed by atoms with E-state index in [0.29, 0.717) is 55.5 Å². The number of phenols is 1. The topological polar surface area (TPSA) is 413 Å². The van der Waals surface area contributed by atoms with Gasteiger partial charge in [-0.15, -0.1) is 0 Å². The number of unbranched alkanes of at least 4 members (excludes halogenated alkanes) is 2. The zero-order valence-corrected chi connectivity index (χ0v) is 52.0. The van der Waals surface area contributed by atoms with E-state index in [4.69, 9.17) is 21.4 Å². The molecule has 490 valence electrons. The number of amides is 11. The second-order valence-corrected chi connectivity index (χ2v) is 22.8. The number of carbonyl (C=O) groups is 11. The number of carbonyl (C=O) groups excluding carboxylic acids is 10. The van der Waals surface area contributed by atoms with E-state index >= 15 is 0 Å². The maximum Gasteiger partial charge on any atom is 0.312 e. The maximum absolute atomic E-state index is 14.9. The van der Waals surface area contributed by atoms with Gasteiger partial charge in [0.2, 0.25) is 53.2 Å². The molecule has 0 aliphatic carbocycles. The number of phenolic OH excluding ortho intramolecular Hbond substituents is 1. The van der Waals surface area contributed by atoms with Crippen molar-refractivity contribution in [1.29, 1.82) is 0 Å². The van der Waals surface area contributed by atoms with Gasteiger partial charge in [-0.3, -0.25) is 47.9 Å². The van der Waals surface area contributed by atoms with Gasteiger partial charge in [0.15, 0.2) is 0 Å². The first-order valence-electron chi connectivity index (χ1n) is 30.5. The van der Waals surface area contributed by atoms with E-state index < -0.39 is 120 Å². The summed E-state index contributed by atoms with van der Waals surface area (Å²) in [4.78, 5) is 149. The Morgan fingerprint density at radius 2 is 1.03 bits per heavy atom. The van der Waals surface area contributed by atoms with Crippen LogP contribution in [0.4, 0.5) is 4.79 Å². The van der Waals surface area contributed by atoms with Crippen LogP contribution in [0.3, 0.4) is 0 Å². The van der Waals surface area contributed by atoms with Gasteiger partial charge in [-0.25, -0.2) is 4.79 Å². The number of nitrogens with one attached hydrogen (secondary N) is 11. The number of benzene rings is 4.